The number of rotatable bonds is 2. The van der Waals surface area contributed by atoms with Gasteiger partial charge in [0.15, 0.2) is 0 Å². The largest absolute Gasteiger partial charge is 0.449 e. The fraction of sp³-hybridized carbons (Fsp3) is 0.300. The summed E-state index contributed by atoms with van der Waals surface area (Å²) in [6, 6.07) is 2.58. The van der Waals surface area contributed by atoms with Crippen LogP contribution in [0.3, 0.4) is 0 Å². The van der Waals surface area contributed by atoms with Gasteiger partial charge in [0.2, 0.25) is 0 Å². The van der Waals surface area contributed by atoms with Gasteiger partial charge in [-0.15, -0.1) is 0 Å². The molecule has 2 rings (SSSR count). The van der Waals surface area contributed by atoms with E-state index in [1.807, 2.05) is 0 Å². The molecule has 7 heteroatoms. The number of hydrogen-bond donors (Lipinski definition) is 1. The van der Waals surface area contributed by atoms with Gasteiger partial charge in [0.1, 0.15) is 5.82 Å². The summed E-state index contributed by atoms with van der Waals surface area (Å²) in [7, 11) is 0. The number of nitro groups is 1. The van der Waals surface area contributed by atoms with Crippen LogP contribution in [0.2, 0.25) is 0 Å². The second-order valence-electron chi connectivity index (χ2n) is 3.58. The predicted octanol–water partition coefficient (Wildman–Crippen LogP) is 1.90. The Kier molecular flexibility index (Phi) is 2.90. The minimum atomic E-state index is -0.653. The van der Waals surface area contributed by atoms with Crippen LogP contribution >= 0.6 is 0 Å². The molecule has 90 valence electrons. The second kappa shape index (κ2) is 4.36. The molecule has 0 bridgehead atoms. The third-order valence-corrected chi connectivity index (χ3v) is 2.49. The number of ether oxygens (including phenoxy) is 1. The second-order valence-corrected chi connectivity index (χ2v) is 3.58. The minimum absolute atomic E-state index is 0.157. The molecule has 0 saturated carbocycles. The zero-order valence-electron chi connectivity index (χ0n) is 8.68. The number of cyclic esters (lactones) is 1. The number of benzene rings is 1. The molecule has 0 spiro atoms. The number of alkyl carbamates (subject to hydrolysis) is 1. The highest BCUT2D eigenvalue weighted by atomic mass is 19.1. The van der Waals surface area contributed by atoms with Gasteiger partial charge in [0, 0.05) is 12.5 Å². The molecule has 0 aliphatic carbocycles. The summed E-state index contributed by atoms with van der Waals surface area (Å²) in [4.78, 5) is 21.2. The molecule has 1 fully saturated rings. The van der Waals surface area contributed by atoms with Crippen LogP contribution in [0.4, 0.5) is 14.9 Å². The van der Waals surface area contributed by atoms with Crippen LogP contribution in [-0.2, 0) is 4.74 Å². The van der Waals surface area contributed by atoms with Crippen molar-refractivity contribution in [1.29, 1.82) is 0 Å². The lowest BCUT2D eigenvalue weighted by atomic mass is 10.0. The molecule has 1 N–H and O–H groups in total. The van der Waals surface area contributed by atoms with Crippen LogP contribution in [0.5, 0.6) is 0 Å². The Morgan fingerprint density at radius 2 is 2.29 bits per heavy atom. The van der Waals surface area contributed by atoms with E-state index in [0.717, 1.165) is 18.2 Å². The maximum atomic E-state index is 13.1. The number of amides is 1. The summed E-state index contributed by atoms with van der Waals surface area (Å²) < 4.78 is 17.7. The fourth-order valence-electron chi connectivity index (χ4n) is 1.73. The van der Waals surface area contributed by atoms with Gasteiger partial charge >= 0.3 is 6.09 Å². The highest BCUT2D eigenvalue weighted by Gasteiger charge is 2.27. The molecule has 1 saturated heterocycles. The first-order valence-electron chi connectivity index (χ1n) is 4.95. The standard InChI is InChI=1S/C10H9FN2O4/c11-6-1-2-9(13(15)16)7(5-6)8-3-4-17-10(14)12-8/h1-2,5,8H,3-4H2,(H,12,14)/t8-/m0/s1. The normalized spacial score (nSPS) is 19.4. The molecular formula is C10H9FN2O4. The molecule has 1 heterocycles. The Bertz CT molecular complexity index is 477. The number of nitrogens with one attached hydrogen (secondary N) is 1. The van der Waals surface area contributed by atoms with E-state index in [1.54, 1.807) is 0 Å². The highest BCUT2D eigenvalue weighted by molar-refractivity contribution is 5.69. The number of nitrogens with zero attached hydrogens (tertiary/aromatic N) is 1. The van der Waals surface area contributed by atoms with E-state index < -0.39 is 22.9 Å². The zero-order valence-corrected chi connectivity index (χ0v) is 8.68. The van der Waals surface area contributed by atoms with E-state index in [-0.39, 0.29) is 17.9 Å². The summed E-state index contributed by atoms with van der Waals surface area (Å²) in [6.07, 6.45) is -0.282. The first-order valence-corrected chi connectivity index (χ1v) is 4.95. The summed E-state index contributed by atoms with van der Waals surface area (Å²) in [5.41, 5.74) is -0.0507. The van der Waals surface area contributed by atoms with Crippen molar-refractivity contribution in [2.75, 3.05) is 6.61 Å². The lowest BCUT2D eigenvalue weighted by Gasteiger charge is -2.23. The van der Waals surface area contributed by atoms with Gasteiger partial charge in [-0.2, -0.15) is 0 Å². The quantitative estimate of drug-likeness (QED) is 0.632. The fourth-order valence-corrected chi connectivity index (χ4v) is 1.73. The molecule has 1 amide bonds. The Hall–Kier alpha value is -2.18. The summed E-state index contributed by atoms with van der Waals surface area (Å²) in [5, 5.41) is 13.2. The molecular weight excluding hydrogens is 231 g/mol. The molecule has 0 unspecified atom stereocenters. The summed E-state index contributed by atoms with van der Waals surface area (Å²) in [5.74, 6) is -0.577. The Morgan fingerprint density at radius 1 is 1.53 bits per heavy atom. The average molecular weight is 240 g/mol. The van der Waals surface area contributed by atoms with Crippen LogP contribution in [-0.4, -0.2) is 17.6 Å². The van der Waals surface area contributed by atoms with Crippen molar-refractivity contribution in [2.45, 2.75) is 12.5 Å². The Labute approximate surface area is 95.5 Å². The van der Waals surface area contributed by atoms with Crippen molar-refractivity contribution in [1.82, 2.24) is 5.32 Å². The topological polar surface area (TPSA) is 81.5 Å². The molecule has 1 aliphatic heterocycles. The van der Waals surface area contributed by atoms with E-state index in [9.17, 15) is 19.3 Å². The van der Waals surface area contributed by atoms with Crippen molar-refractivity contribution in [3.8, 4) is 0 Å². The molecule has 1 aromatic carbocycles. The van der Waals surface area contributed by atoms with Crippen LogP contribution in [0, 0.1) is 15.9 Å². The van der Waals surface area contributed by atoms with Crippen LogP contribution in [0.15, 0.2) is 18.2 Å². The third kappa shape index (κ3) is 2.32. The summed E-state index contributed by atoms with van der Waals surface area (Å²) >= 11 is 0. The Morgan fingerprint density at radius 3 is 2.94 bits per heavy atom. The Balaban J connectivity index is 2.38. The van der Waals surface area contributed by atoms with Crippen molar-refractivity contribution >= 4 is 11.8 Å². The van der Waals surface area contributed by atoms with Gasteiger partial charge in [-0.05, 0) is 12.1 Å². The van der Waals surface area contributed by atoms with Crippen molar-refractivity contribution in [3.63, 3.8) is 0 Å². The number of halogens is 1. The van der Waals surface area contributed by atoms with Gasteiger partial charge in [-0.3, -0.25) is 10.1 Å². The summed E-state index contributed by atoms with van der Waals surface area (Å²) in [6.45, 7) is 0.157. The maximum absolute atomic E-state index is 13.1. The maximum Gasteiger partial charge on any atom is 0.407 e. The third-order valence-electron chi connectivity index (χ3n) is 2.49. The van der Waals surface area contributed by atoms with E-state index in [2.05, 4.69) is 10.1 Å². The van der Waals surface area contributed by atoms with E-state index in [1.165, 1.54) is 0 Å². The van der Waals surface area contributed by atoms with E-state index in [4.69, 9.17) is 0 Å². The minimum Gasteiger partial charge on any atom is -0.449 e. The van der Waals surface area contributed by atoms with Crippen LogP contribution in [0.1, 0.15) is 18.0 Å². The molecule has 17 heavy (non-hydrogen) atoms. The smallest absolute Gasteiger partial charge is 0.407 e. The molecule has 1 atom stereocenters. The van der Waals surface area contributed by atoms with Crippen LogP contribution in [0.25, 0.3) is 0 Å². The number of hydrogen-bond acceptors (Lipinski definition) is 4. The van der Waals surface area contributed by atoms with Crippen LogP contribution < -0.4 is 5.32 Å². The molecule has 0 radical (unpaired) electrons. The molecule has 1 aromatic rings. The SMILES string of the molecule is O=C1N[C@H](c2cc(F)ccc2[N+](=O)[O-])CCO1. The highest BCUT2D eigenvalue weighted by Crippen LogP contribution is 2.29. The first-order chi connectivity index (χ1) is 8.08. The molecule has 1 aliphatic rings. The van der Waals surface area contributed by atoms with E-state index in [0.29, 0.717) is 6.42 Å². The average Bonchev–Trinajstić information content (AvgIpc) is 2.28. The van der Waals surface area contributed by atoms with Crippen molar-refractivity contribution in [2.24, 2.45) is 0 Å². The molecule has 0 aromatic heterocycles. The number of carbonyl (C=O) groups is 1. The number of nitro benzene ring substituents is 1. The first kappa shape index (κ1) is 11.3. The monoisotopic (exact) mass is 240 g/mol. The molecule has 6 nitrogen and oxygen atoms in total. The van der Waals surface area contributed by atoms with E-state index >= 15 is 0 Å². The van der Waals surface area contributed by atoms with Crippen molar-refractivity contribution in [3.05, 3.63) is 39.7 Å². The van der Waals surface area contributed by atoms with Gasteiger partial charge in [-0.1, -0.05) is 0 Å². The lowest BCUT2D eigenvalue weighted by Crippen LogP contribution is -2.35. The van der Waals surface area contributed by atoms with Crippen molar-refractivity contribution < 1.29 is 18.8 Å². The van der Waals surface area contributed by atoms with Gasteiger partial charge in [0.05, 0.1) is 23.1 Å². The zero-order chi connectivity index (χ0) is 12.4. The predicted molar refractivity (Wildman–Crippen MR) is 54.9 cm³/mol. The van der Waals surface area contributed by atoms with Gasteiger partial charge < -0.3 is 10.1 Å². The number of carbonyl (C=O) groups excluding carboxylic acids is 1. The van der Waals surface area contributed by atoms with Gasteiger partial charge in [0.25, 0.3) is 5.69 Å². The lowest BCUT2D eigenvalue weighted by molar-refractivity contribution is -0.385. The van der Waals surface area contributed by atoms with Gasteiger partial charge in [-0.25, -0.2) is 9.18 Å².